The molecule has 1 aromatic heterocycles. The lowest BCUT2D eigenvalue weighted by molar-refractivity contribution is 0.631. The summed E-state index contributed by atoms with van der Waals surface area (Å²) in [5.74, 6) is 0.982. The molecule has 0 N–H and O–H groups in total. The lowest BCUT2D eigenvalue weighted by Crippen LogP contribution is -2.27. The Morgan fingerprint density at radius 3 is 1.68 bits per heavy atom. The smallest absolute Gasteiger partial charge is 0.145 e. The third-order valence-electron chi connectivity index (χ3n) is 9.55. The van der Waals surface area contributed by atoms with Crippen LogP contribution in [0, 0.1) is 0 Å². The maximum atomic E-state index is 5.23. The highest BCUT2D eigenvalue weighted by molar-refractivity contribution is 6.22. The van der Waals surface area contributed by atoms with Crippen LogP contribution in [0.4, 0.5) is 0 Å². The van der Waals surface area contributed by atoms with Gasteiger partial charge in [0.2, 0.25) is 0 Å². The third-order valence-corrected chi connectivity index (χ3v) is 9.55. The van der Waals surface area contributed by atoms with Gasteiger partial charge in [0.25, 0.3) is 0 Å². The summed E-state index contributed by atoms with van der Waals surface area (Å²) >= 11 is 0. The first-order chi connectivity index (χ1) is 21.6. The number of benzene rings is 7. The van der Waals surface area contributed by atoms with Crippen molar-refractivity contribution in [1.29, 1.82) is 0 Å². The quantitative estimate of drug-likeness (QED) is 0.196. The first kappa shape index (κ1) is 25.1. The van der Waals surface area contributed by atoms with Crippen molar-refractivity contribution < 1.29 is 0 Å². The fourth-order valence-corrected chi connectivity index (χ4v) is 7.71. The van der Waals surface area contributed by atoms with Crippen molar-refractivity contribution in [2.45, 2.75) is 19.3 Å². The van der Waals surface area contributed by atoms with Crippen LogP contribution in [-0.4, -0.2) is 9.55 Å². The highest BCUT2D eigenvalue weighted by Gasteiger charge is 2.38. The van der Waals surface area contributed by atoms with Crippen LogP contribution in [0.2, 0.25) is 0 Å². The van der Waals surface area contributed by atoms with Gasteiger partial charge in [-0.15, -0.1) is 0 Å². The van der Waals surface area contributed by atoms with E-state index in [4.69, 9.17) is 4.98 Å². The van der Waals surface area contributed by atoms with Crippen molar-refractivity contribution in [3.8, 4) is 39.3 Å². The number of imidazole rings is 1. The lowest BCUT2D eigenvalue weighted by Gasteiger charge is -2.37. The first-order valence-corrected chi connectivity index (χ1v) is 15.3. The second-order valence-corrected chi connectivity index (χ2v) is 12.3. The minimum Gasteiger partial charge on any atom is -0.292 e. The van der Waals surface area contributed by atoms with Gasteiger partial charge in [-0.3, -0.25) is 4.57 Å². The monoisotopic (exact) mass is 562 g/mol. The molecule has 0 spiro atoms. The number of nitrogens with zero attached hydrogens (tertiary/aromatic N) is 2. The van der Waals surface area contributed by atoms with Crippen molar-refractivity contribution in [1.82, 2.24) is 9.55 Å². The molecule has 8 aromatic rings. The summed E-state index contributed by atoms with van der Waals surface area (Å²) in [7, 11) is 0. The Morgan fingerprint density at radius 1 is 0.500 bits per heavy atom. The average Bonchev–Trinajstić information content (AvgIpc) is 3.47. The predicted octanol–water partition coefficient (Wildman–Crippen LogP) is 11.0. The van der Waals surface area contributed by atoms with E-state index in [1.807, 2.05) is 0 Å². The number of para-hydroxylation sites is 1. The van der Waals surface area contributed by atoms with Gasteiger partial charge in [-0.2, -0.15) is 0 Å². The van der Waals surface area contributed by atoms with Crippen LogP contribution in [-0.2, 0) is 5.41 Å². The molecule has 1 aliphatic rings. The largest absolute Gasteiger partial charge is 0.292 e. The SMILES string of the molecule is CC1(C)c2c(-c3c4ccccc4c(-c4ccccc4)c4ccccc34)cccc2-n2c(-c3ccccc3)nc3cccc1c32. The van der Waals surface area contributed by atoms with Crippen LogP contribution in [0.15, 0.2) is 146 Å². The highest BCUT2D eigenvalue weighted by atomic mass is 15.1. The number of hydrogen-bond acceptors (Lipinski definition) is 1. The first-order valence-electron chi connectivity index (χ1n) is 15.3. The van der Waals surface area contributed by atoms with Crippen LogP contribution in [0.25, 0.3) is 71.9 Å². The van der Waals surface area contributed by atoms with Crippen LogP contribution in [0.5, 0.6) is 0 Å². The molecule has 0 saturated heterocycles. The molecule has 0 unspecified atom stereocenters. The molecule has 9 rings (SSSR count). The van der Waals surface area contributed by atoms with Gasteiger partial charge in [0.1, 0.15) is 5.82 Å². The van der Waals surface area contributed by atoms with E-state index in [0.717, 1.165) is 16.9 Å². The molecule has 0 fully saturated rings. The Balaban J connectivity index is 1.44. The highest BCUT2D eigenvalue weighted by Crippen LogP contribution is 2.52. The molecular weight excluding hydrogens is 532 g/mol. The van der Waals surface area contributed by atoms with Gasteiger partial charge in [0.05, 0.1) is 16.7 Å². The molecule has 0 atom stereocenters. The molecule has 0 radical (unpaired) electrons. The predicted molar refractivity (Wildman–Crippen MR) is 185 cm³/mol. The van der Waals surface area contributed by atoms with E-state index in [0.29, 0.717) is 0 Å². The Hall–Kier alpha value is -5.47. The van der Waals surface area contributed by atoms with Gasteiger partial charge in [-0.25, -0.2) is 4.98 Å². The summed E-state index contributed by atoms with van der Waals surface area (Å²) in [6, 6.07) is 52.7. The molecule has 1 aliphatic heterocycles. The summed E-state index contributed by atoms with van der Waals surface area (Å²) in [6.45, 7) is 4.76. The maximum Gasteiger partial charge on any atom is 0.145 e. The van der Waals surface area contributed by atoms with Crippen molar-refractivity contribution in [2.24, 2.45) is 0 Å². The van der Waals surface area contributed by atoms with Gasteiger partial charge in [-0.1, -0.05) is 147 Å². The van der Waals surface area contributed by atoms with E-state index < -0.39 is 0 Å². The van der Waals surface area contributed by atoms with Gasteiger partial charge >= 0.3 is 0 Å². The second kappa shape index (κ2) is 9.26. The zero-order valence-corrected chi connectivity index (χ0v) is 24.8. The number of aromatic nitrogens is 2. The summed E-state index contributed by atoms with van der Waals surface area (Å²) in [5.41, 5.74) is 12.0. The van der Waals surface area contributed by atoms with Crippen LogP contribution in [0.1, 0.15) is 25.0 Å². The van der Waals surface area contributed by atoms with Crippen molar-refractivity contribution >= 4 is 32.6 Å². The zero-order valence-electron chi connectivity index (χ0n) is 24.8. The van der Waals surface area contributed by atoms with Gasteiger partial charge in [-0.05, 0) is 67.1 Å². The van der Waals surface area contributed by atoms with E-state index in [1.165, 1.54) is 66.1 Å². The van der Waals surface area contributed by atoms with E-state index in [2.05, 4.69) is 164 Å². The standard InChI is InChI=1S/C42H30N2/c1-42(2)34-24-14-25-35-40(34)44(41(43-35)28-17-7-4-8-18-28)36-26-13-23-33(39(36)42)38-31-21-11-9-19-29(31)37(27-15-5-3-6-16-27)30-20-10-12-22-32(30)38/h3-26H,1-2H3. The molecule has 2 heterocycles. The molecule has 0 bridgehead atoms. The molecule has 44 heavy (non-hydrogen) atoms. The molecule has 0 amide bonds. The maximum absolute atomic E-state index is 5.23. The third kappa shape index (κ3) is 3.40. The fraction of sp³-hybridized carbons (Fsp3) is 0.0714. The lowest BCUT2D eigenvalue weighted by atomic mass is 9.71. The fourth-order valence-electron chi connectivity index (χ4n) is 7.71. The van der Waals surface area contributed by atoms with Gasteiger partial charge in [0.15, 0.2) is 0 Å². The van der Waals surface area contributed by atoms with E-state index >= 15 is 0 Å². The molecule has 0 aliphatic carbocycles. The molecule has 2 nitrogen and oxygen atoms in total. The van der Waals surface area contributed by atoms with Gasteiger partial charge < -0.3 is 0 Å². The van der Waals surface area contributed by atoms with E-state index in [9.17, 15) is 0 Å². The van der Waals surface area contributed by atoms with Crippen LogP contribution >= 0.6 is 0 Å². The van der Waals surface area contributed by atoms with Gasteiger partial charge in [0, 0.05) is 11.0 Å². The molecule has 7 aromatic carbocycles. The van der Waals surface area contributed by atoms with Crippen LogP contribution in [0.3, 0.4) is 0 Å². The van der Waals surface area contributed by atoms with Crippen LogP contribution < -0.4 is 0 Å². The molecule has 208 valence electrons. The Bertz CT molecular complexity index is 2340. The summed E-state index contributed by atoms with van der Waals surface area (Å²) < 4.78 is 2.41. The van der Waals surface area contributed by atoms with Crippen molar-refractivity contribution in [2.75, 3.05) is 0 Å². The minimum atomic E-state index is -0.254. The Kier molecular flexibility index (Phi) is 5.28. The molecule has 2 heteroatoms. The zero-order chi connectivity index (χ0) is 29.4. The minimum absolute atomic E-state index is 0.254. The topological polar surface area (TPSA) is 17.8 Å². The Morgan fingerprint density at radius 2 is 1.05 bits per heavy atom. The second-order valence-electron chi connectivity index (χ2n) is 12.3. The number of rotatable bonds is 3. The molecule has 0 saturated carbocycles. The Labute approximate surface area is 256 Å². The number of fused-ring (bicyclic) bond motifs is 4. The van der Waals surface area contributed by atoms with Crippen molar-refractivity contribution in [3.05, 3.63) is 157 Å². The molecular formula is C42H30N2. The number of hydrogen-bond donors (Lipinski definition) is 0. The summed E-state index contributed by atoms with van der Waals surface area (Å²) in [6.07, 6.45) is 0. The summed E-state index contributed by atoms with van der Waals surface area (Å²) in [5, 5.41) is 5.09. The normalized spacial score (nSPS) is 13.4. The average molecular weight is 563 g/mol. The summed E-state index contributed by atoms with van der Waals surface area (Å²) in [4.78, 5) is 5.23. The van der Waals surface area contributed by atoms with E-state index in [1.54, 1.807) is 0 Å². The van der Waals surface area contributed by atoms with E-state index in [-0.39, 0.29) is 5.41 Å². The van der Waals surface area contributed by atoms with Crippen molar-refractivity contribution in [3.63, 3.8) is 0 Å².